The predicted octanol–water partition coefficient (Wildman–Crippen LogP) is 9.73. The molecule has 0 N–H and O–H groups in total. The predicted molar refractivity (Wildman–Crippen MR) is 163 cm³/mol. The molecule has 0 saturated carbocycles. The smallest absolute Gasteiger partial charge is 0.164 e. The average Bonchev–Trinajstić information content (AvgIpc) is 3.39. The zero-order chi connectivity index (χ0) is 26.6. The van der Waals surface area contributed by atoms with Gasteiger partial charge in [0, 0.05) is 32.5 Å². The number of halogens is 1. The van der Waals surface area contributed by atoms with Crippen LogP contribution in [0.3, 0.4) is 0 Å². The van der Waals surface area contributed by atoms with Gasteiger partial charge in [0.2, 0.25) is 0 Å². The Kier molecular flexibility index (Phi) is 5.15. The second-order valence-corrected chi connectivity index (χ2v) is 10.2. The van der Waals surface area contributed by atoms with Gasteiger partial charge in [0.25, 0.3) is 0 Å². The highest BCUT2D eigenvalue weighted by Gasteiger charge is 2.19. The summed E-state index contributed by atoms with van der Waals surface area (Å²) in [5, 5.41) is 7.10. The Balaban J connectivity index is 1.47. The van der Waals surface area contributed by atoms with Gasteiger partial charge in [-0.05, 0) is 51.9 Å². The summed E-state index contributed by atoms with van der Waals surface area (Å²) in [6.07, 6.45) is 0. The van der Waals surface area contributed by atoms with Crippen LogP contribution in [-0.2, 0) is 0 Å². The van der Waals surface area contributed by atoms with Crippen molar-refractivity contribution in [3.8, 4) is 34.2 Å². The van der Waals surface area contributed by atoms with Gasteiger partial charge in [-0.2, -0.15) is 0 Å². The van der Waals surface area contributed by atoms with Crippen molar-refractivity contribution in [2.45, 2.75) is 0 Å². The molecule has 2 aromatic heterocycles. The van der Waals surface area contributed by atoms with E-state index in [0.29, 0.717) is 22.5 Å². The SMILES string of the molecule is Clc1ccc2oc3cccc(-c4nc(-c5ccccc5)nc(-c5cc6ccccc6c6ccccc56)n4)c3c2c1. The number of fused-ring (bicyclic) bond motifs is 6. The lowest BCUT2D eigenvalue weighted by Gasteiger charge is -2.12. The maximum Gasteiger partial charge on any atom is 0.164 e. The third-order valence-electron chi connectivity index (χ3n) is 7.37. The number of hydrogen-bond acceptors (Lipinski definition) is 4. The number of rotatable bonds is 3. The van der Waals surface area contributed by atoms with Gasteiger partial charge in [-0.3, -0.25) is 0 Å². The van der Waals surface area contributed by atoms with Gasteiger partial charge in [-0.25, -0.2) is 15.0 Å². The summed E-state index contributed by atoms with van der Waals surface area (Å²) in [7, 11) is 0. The van der Waals surface area contributed by atoms with E-state index in [9.17, 15) is 0 Å². The van der Waals surface area contributed by atoms with Gasteiger partial charge >= 0.3 is 0 Å². The molecule has 0 aliphatic heterocycles. The fourth-order valence-electron chi connectivity index (χ4n) is 5.56. The van der Waals surface area contributed by atoms with Crippen LogP contribution in [0.4, 0.5) is 0 Å². The molecule has 0 aliphatic carbocycles. The summed E-state index contributed by atoms with van der Waals surface area (Å²) in [5.41, 5.74) is 4.27. The molecule has 0 fully saturated rings. The zero-order valence-electron chi connectivity index (χ0n) is 21.2. The van der Waals surface area contributed by atoms with Gasteiger partial charge in [0.1, 0.15) is 11.2 Å². The second-order valence-electron chi connectivity index (χ2n) is 9.78. The van der Waals surface area contributed by atoms with Gasteiger partial charge in [-0.1, -0.05) is 103 Å². The lowest BCUT2D eigenvalue weighted by Crippen LogP contribution is -2.01. The number of hydrogen-bond donors (Lipinski definition) is 0. The maximum atomic E-state index is 6.41. The van der Waals surface area contributed by atoms with E-state index in [1.807, 2.05) is 66.7 Å². The number of aromatic nitrogens is 3. The van der Waals surface area contributed by atoms with Crippen molar-refractivity contribution < 1.29 is 4.42 Å². The summed E-state index contributed by atoms with van der Waals surface area (Å²) in [6, 6.07) is 40.7. The fraction of sp³-hybridized carbons (Fsp3) is 0. The molecule has 0 spiro atoms. The first kappa shape index (κ1) is 22.9. The summed E-state index contributed by atoms with van der Waals surface area (Å²) in [6.45, 7) is 0. The van der Waals surface area contributed by atoms with Crippen LogP contribution in [0.15, 0.2) is 126 Å². The molecule has 5 heteroatoms. The van der Waals surface area contributed by atoms with Gasteiger partial charge in [0.15, 0.2) is 17.5 Å². The molecule has 0 unspecified atom stereocenters. The highest BCUT2D eigenvalue weighted by molar-refractivity contribution is 6.32. The third kappa shape index (κ3) is 3.65. The molecular formula is C35H20ClN3O. The van der Waals surface area contributed by atoms with Crippen LogP contribution < -0.4 is 0 Å². The minimum atomic E-state index is 0.578. The first-order chi connectivity index (χ1) is 19.7. The number of nitrogens with zero attached hydrogens (tertiary/aromatic N) is 3. The van der Waals surface area contributed by atoms with E-state index in [1.165, 1.54) is 5.39 Å². The van der Waals surface area contributed by atoms with Crippen LogP contribution in [0.5, 0.6) is 0 Å². The molecule has 40 heavy (non-hydrogen) atoms. The van der Waals surface area contributed by atoms with Crippen LogP contribution in [0.25, 0.3) is 77.6 Å². The molecule has 0 saturated heterocycles. The maximum absolute atomic E-state index is 6.41. The van der Waals surface area contributed by atoms with Gasteiger partial charge in [0.05, 0.1) is 0 Å². The fourth-order valence-corrected chi connectivity index (χ4v) is 5.73. The Morgan fingerprint density at radius 3 is 2.02 bits per heavy atom. The average molecular weight is 534 g/mol. The molecule has 6 aromatic carbocycles. The third-order valence-corrected chi connectivity index (χ3v) is 7.61. The summed E-state index contributed by atoms with van der Waals surface area (Å²) in [5.74, 6) is 1.81. The summed E-state index contributed by atoms with van der Waals surface area (Å²) < 4.78 is 6.18. The Labute approximate surface area is 234 Å². The van der Waals surface area contributed by atoms with E-state index >= 15 is 0 Å². The van der Waals surface area contributed by atoms with Crippen molar-refractivity contribution in [2.24, 2.45) is 0 Å². The van der Waals surface area contributed by atoms with E-state index in [-0.39, 0.29) is 0 Å². The summed E-state index contributed by atoms with van der Waals surface area (Å²) >= 11 is 6.41. The molecule has 4 nitrogen and oxygen atoms in total. The van der Waals surface area contributed by atoms with Crippen molar-refractivity contribution in [2.75, 3.05) is 0 Å². The Hall–Kier alpha value is -5.06. The molecular weight excluding hydrogens is 514 g/mol. The van der Waals surface area contributed by atoms with E-state index in [4.69, 9.17) is 31.0 Å². The number of furan rings is 1. The van der Waals surface area contributed by atoms with E-state index in [1.54, 1.807) is 0 Å². The largest absolute Gasteiger partial charge is 0.456 e. The molecule has 2 heterocycles. The van der Waals surface area contributed by atoms with E-state index < -0.39 is 0 Å². The topological polar surface area (TPSA) is 51.8 Å². The first-order valence-electron chi connectivity index (χ1n) is 13.1. The van der Waals surface area contributed by atoms with Crippen LogP contribution in [-0.4, -0.2) is 15.0 Å². The molecule has 0 radical (unpaired) electrons. The van der Waals surface area contributed by atoms with Crippen molar-refractivity contribution in [1.82, 2.24) is 15.0 Å². The molecule has 0 bridgehead atoms. The van der Waals surface area contributed by atoms with E-state index in [0.717, 1.165) is 54.8 Å². The second kappa shape index (κ2) is 9.01. The molecule has 0 amide bonds. The van der Waals surface area contributed by atoms with E-state index in [2.05, 4.69) is 54.6 Å². The lowest BCUT2D eigenvalue weighted by molar-refractivity contribution is 0.669. The molecule has 188 valence electrons. The highest BCUT2D eigenvalue weighted by atomic mass is 35.5. The van der Waals surface area contributed by atoms with Crippen LogP contribution >= 0.6 is 11.6 Å². The lowest BCUT2D eigenvalue weighted by atomic mass is 9.97. The first-order valence-corrected chi connectivity index (χ1v) is 13.4. The van der Waals surface area contributed by atoms with Crippen molar-refractivity contribution in [3.63, 3.8) is 0 Å². The van der Waals surface area contributed by atoms with Crippen LogP contribution in [0, 0.1) is 0 Å². The molecule has 8 rings (SSSR count). The molecule has 8 aromatic rings. The Bertz CT molecular complexity index is 2240. The standard InChI is InChI=1S/C35H20ClN3O/c36-23-17-18-30-29(20-23)32-27(15-8-16-31(32)40-30)34-37-33(21-9-2-1-3-10-21)38-35(39-34)28-19-22-11-4-5-12-24(22)25-13-6-7-14-26(25)28/h1-20H. The van der Waals surface area contributed by atoms with Crippen molar-refractivity contribution in [3.05, 3.63) is 126 Å². The van der Waals surface area contributed by atoms with Gasteiger partial charge in [-0.15, -0.1) is 0 Å². The summed E-state index contributed by atoms with van der Waals surface area (Å²) in [4.78, 5) is 15.2. The van der Waals surface area contributed by atoms with Crippen LogP contribution in [0.1, 0.15) is 0 Å². The minimum absolute atomic E-state index is 0.578. The molecule has 0 aliphatic rings. The monoisotopic (exact) mass is 533 g/mol. The zero-order valence-corrected chi connectivity index (χ0v) is 21.9. The number of benzene rings is 6. The minimum Gasteiger partial charge on any atom is -0.456 e. The highest BCUT2D eigenvalue weighted by Crippen LogP contribution is 2.39. The Morgan fingerprint density at radius 2 is 1.18 bits per heavy atom. The van der Waals surface area contributed by atoms with Gasteiger partial charge < -0.3 is 4.42 Å². The van der Waals surface area contributed by atoms with Crippen molar-refractivity contribution >= 4 is 55.1 Å². The molecule has 0 atom stereocenters. The normalized spacial score (nSPS) is 11.6. The van der Waals surface area contributed by atoms with Crippen LogP contribution in [0.2, 0.25) is 5.02 Å². The quantitative estimate of drug-likeness (QED) is 0.212. The van der Waals surface area contributed by atoms with Crippen molar-refractivity contribution in [1.29, 1.82) is 0 Å². The Morgan fingerprint density at radius 1 is 0.475 bits per heavy atom.